The summed E-state index contributed by atoms with van der Waals surface area (Å²) in [5.41, 5.74) is 1.70. The van der Waals surface area contributed by atoms with Gasteiger partial charge in [-0.3, -0.25) is 0 Å². The second-order valence-corrected chi connectivity index (χ2v) is 5.39. The van der Waals surface area contributed by atoms with Crippen LogP contribution in [0.15, 0.2) is 65.3 Å². The summed E-state index contributed by atoms with van der Waals surface area (Å²) in [4.78, 5) is 0. The highest BCUT2D eigenvalue weighted by Crippen LogP contribution is 2.24. The molecule has 21 heavy (non-hydrogen) atoms. The molecule has 1 atom stereocenters. The molecule has 0 spiro atoms. The van der Waals surface area contributed by atoms with Gasteiger partial charge in [0.15, 0.2) is 0 Å². The van der Waals surface area contributed by atoms with E-state index in [1.165, 1.54) is 0 Å². The minimum absolute atomic E-state index is 0.233. The van der Waals surface area contributed by atoms with Crippen molar-refractivity contribution in [2.45, 2.75) is 19.1 Å². The van der Waals surface area contributed by atoms with Crippen molar-refractivity contribution in [1.82, 2.24) is 0 Å². The Balaban J connectivity index is 1.66. The number of hydrogen-bond donors (Lipinski definition) is 1. The van der Waals surface area contributed by atoms with Gasteiger partial charge in [0.25, 0.3) is 0 Å². The molecule has 1 N–H and O–H groups in total. The van der Waals surface area contributed by atoms with Gasteiger partial charge in [0.1, 0.15) is 11.2 Å². The minimum Gasteiger partial charge on any atom is -0.464 e. The second-order valence-electron chi connectivity index (χ2n) is 5.39. The van der Waals surface area contributed by atoms with Crippen molar-refractivity contribution in [3.63, 3.8) is 0 Å². The summed E-state index contributed by atoms with van der Waals surface area (Å²) in [7, 11) is 0. The monoisotopic (exact) mass is 282 g/mol. The zero-order chi connectivity index (χ0) is 14.7. The number of aliphatic hydroxyl groups is 1. The zero-order valence-corrected chi connectivity index (χ0v) is 12.0. The van der Waals surface area contributed by atoms with Crippen molar-refractivity contribution >= 4 is 11.0 Å². The molecule has 1 aromatic heterocycles. The Morgan fingerprint density at radius 3 is 2.57 bits per heavy atom. The number of fused-ring (bicyclic) bond motifs is 1. The molecule has 108 valence electrons. The van der Waals surface area contributed by atoms with E-state index in [9.17, 15) is 5.11 Å². The largest absolute Gasteiger partial charge is 0.464 e. The first-order valence-corrected chi connectivity index (χ1v) is 6.97. The standard InChI is InChI=1S/C18H18O3/c1-18(19,15-7-3-2-4-8-15)13-20-11-14-12-21-17-10-6-5-9-16(14)17/h2-10,12,19H,11,13H2,1H3. The lowest BCUT2D eigenvalue weighted by atomic mass is 9.97. The summed E-state index contributed by atoms with van der Waals surface area (Å²) < 4.78 is 11.2. The smallest absolute Gasteiger partial charge is 0.134 e. The highest BCUT2D eigenvalue weighted by Gasteiger charge is 2.23. The first kappa shape index (κ1) is 13.9. The lowest BCUT2D eigenvalue weighted by Crippen LogP contribution is -2.27. The summed E-state index contributed by atoms with van der Waals surface area (Å²) in [6.07, 6.45) is 1.71. The molecular formula is C18H18O3. The molecule has 0 bridgehead atoms. The van der Waals surface area contributed by atoms with Gasteiger partial charge in [-0.1, -0.05) is 48.5 Å². The topological polar surface area (TPSA) is 42.6 Å². The zero-order valence-electron chi connectivity index (χ0n) is 12.0. The highest BCUT2D eigenvalue weighted by molar-refractivity contribution is 5.80. The Bertz CT molecular complexity index is 713. The van der Waals surface area contributed by atoms with Crippen LogP contribution in [0.4, 0.5) is 0 Å². The fourth-order valence-corrected chi connectivity index (χ4v) is 2.38. The van der Waals surface area contributed by atoms with Crippen molar-refractivity contribution in [3.8, 4) is 0 Å². The molecule has 0 saturated heterocycles. The third kappa shape index (κ3) is 2.99. The summed E-state index contributed by atoms with van der Waals surface area (Å²) in [5.74, 6) is 0. The molecule has 0 saturated carbocycles. The Labute approximate surface area is 123 Å². The number of hydrogen-bond acceptors (Lipinski definition) is 3. The van der Waals surface area contributed by atoms with Gasteiger partial charge in [-0.25, -0.2) is 0 Å². The molecule has 3 rings (SSSR count). The van der Waals surface area contributed by atoms with Crippen molar-refractivity contribution in [2.24, 2.45) is 0 Å². The average Bonchev–Trinajstić information content (AvgIpc) is 2.92. The SMILES string of the molecule is CC(O)(COCc1coc2ccccc12)c1ccccc1. The number of ether oxygens (including phenoxy) is 1. The molecular weight excluding hydrogens is 264 g/mol. The average molecular weight is 282 g/mol. The van der Waals surface area contributed by atoms with Gasteiger partial charge in [0.2, 0.25) is 0 Å². The summed E-state index contributed by atoms with van der Waals surface area (Å²) in [6.45, 7) is 2.41. The third-order valence-electron chi connectivity index (χ3n) is 3.60. The van der Waals surface area contributed by atoms with Gasteiger partial charge < -0.3 is 14.3 Å². The van der Waals surface area contributed by atoms with Crippen LogP contribution in [-0.2, 0) is 16.9 Å². The molecule has 0 radical (unpaired) electrons. The maximum atomic E-state index is 10.5. The van der Waals surface area contributed by atoms with Crippen LogP contribution in [0, 0.1) is 0 Å². The van der Waals surface area contributed by atoms with E-state index in [2.05, 4.69) is 0 Å². The van der Waals surface area contributed by atoms with Gasteiger partial charge in [0, 0.05) is 10.9 Å². The van der Waals surface area contributed by atoms with Crippen LogP contribution in [-0.4, -0.2) is 11.7 Å². The van der Waals surface area contributed by atoms with Crippen molar-refractivity contribution < 1.29 is 14.3 Å². The van der Waals surface area contributed by atoms with Crippen molar-refractivity contribution in [2.75, 3.05) is 6.61 Å². The van der Waals surface area contributed by atoms with Crippen LogP contribution in [0.5, 0.6) is 0 Å². The Kier molecular flexibility index (Phi) is 3.78. The molecule has 3 heteroatoms. The lowest BCUT2D eigenvalue weighted by Gasteiger charge is -2.23. The number of furan rings is 1. The Hall–Kier alpha value is -2.10. The van der Waals surface area contributed by atoms with E-state index in [1.54, 1.807) is 13.2 Å². The first-order chi connectivity index (χ1) is 10.2. The van der Waals surface area contributed by atoms with Gasteiger partial charge in [-0.15, -0.1) is 0 Å². The molecule has 2 aromatic carbocycles. The van der Waals surface area contributed by atoms with Crippen LogP contribution >= 0.6 is 0 Å². The predicted molar refractivity (Wildman–Crippen MR) is 81.9 cm³/mol. The fraction of sp³-hybridized carbons (Fsp3) is 0.222. The number of para-hydroxylation sites is 1. The second kappa shape index (κ2) is 5.72. The van der Waals surface area contributed by atoms with E-state index < -0.39 is 5.60 Å². The summed E-state index contributed by atoms with van der Waals surface area (Å²) in [5, 5.41) is 11.5. The quantitative estimate of drug-likeness (QED) is 0.772. The van der Waals surface area contributed by atoms with Gasteiger partial charge in [-0.2, -0.15) is 0 Å². The Morgan fingerprint density at radius 2 is 1.76 bits per heavy atom. The van der Waals surface area contributed by atoms with Crippen LogP contribution in [0.3, 0.4) is 0 Å². The minimum atomic E-state index is -0.999. The molecule has 3 nitrogen and oxygen atoms in total. The maximum Gasteiger partial charge on any atom is 0.134 e. The normalized spacial score (nSPS) is 14.2. The van der Waals surface area contributed by atoms with E-state index >= 15 is 0 Å². The fourth-order valence-electron chi connectivity index (χ4n) is 2.38. The molecule has 0 fully saturated rings. The van der Waals surface area contributed by atoms with Crippen LogP contribution in [0.1, 0.15) is 18.1 Å². The lowest BCUT2D eigenvalue weighted by molar-refractivity contribution is -0.0433. The maximum absolute atomic E-state index is 10.5. The third-order valence-corrected chi connectivity index (χ3v) is 3.60. The highest BCUT2D eigenvalue weighted by atomic mass is 16.5. The molecule has 0 aliphatic heterocycles. The molecule has 0 amide bonds. The molecule has 3 aromatic rings. The summed E-state index contributed by atoms with van der Waals surface area (Å²) >= 11 is 0. The predicted octanol–water partition coefficient (Wildman–Crippen LogP) is 3.86. The summed E-state index contributed by atoms with van der Waals surface area (Å²) in [6, 6.07) is 17.4. The van der Waals surface area contributed by atoms with Crippen LogP contribution < -0.4 is 0 Å². The van der Waals surface area contributed by atoms with E-state index in [0.717, 1.165) is 22.1 Å². The van der Waals surface area contributed by atoms with Gasteiger partial charge >= 0.3 is 0 Å². The Morgan fingerprint density at radius 1 is 1.05 bits per heavy atom. The van der Waals surface area contributed by atoms with Crippen LogP contribution in [0.2, 0.25) is 0 Å². The van der Waals surface area contributed by atoms with E-state index in [-0.39, 0.29) is 6.61 Å². The van der Waals surface area contributed by atoms with Crippen LogP contribution in [0.25, 0.3) is 11.0 Å². The van der Waals surface area contributed by atoms with E-state index in [4.69, 9.17) is 9.15 Å². The van der Waals surface area contributed by atoms with Gasteiger partial charge in [0.05, 0.1) is 19.5 Å². The molecule has 0 aliphatic carbocycles. The number of benzene rings is 2. The van der Waals surface area contributed by atoms with E-state index in [0.29, 0.717) is 6.61 Å². The van der Waals surface area contributed by atoms with Crippen molar-refractivity contribution in [1.29, 1.82) is 0 Å². The first-order valence-electron chi connectivity index (χ1n) is 6.97. The van der Waals surface area contributed by atoms with Crippen molar-refractivity contribution in [3.05, 3.63) is 72.0 Å². The number of rotatable bonds is 5. The van der Waals surface area contributed by atoms with E-state index in [1.807, 2.05) is 54.6 Å². The molecule has 1 heterocycles. The van der Waals surface area contributed by atoms with Gasteiger partial charge in [-0.05, 0) is 18.6 Å². The molecule has 1 unspecified atom stereocenters. The molecule has 0 aliphatic rings.